The van der Waals surface area contributed by atoms with Crippen LogP contribution in [-0.4, -0.2) is 41.1 Å². The first-order valence-electron chi connectivity index (χ1n) is 6.65. The minimum Gasteiger partial charge on any atom is -0.393 e. The van der Waals surface area contributed by atoms with Crippen molar-refractivity contribution in [2.45, 2.75) is 52.2 Å². The van der Waals surface area contributed by atoms with Crippen LogP contribution in [0, 0.1) is 11.8 Å². The van der Waals surface area contributed by atoms with Crippen molar-refractivity contribution in [1.82, 2.24) is 4.90 Å². The van der Waals surface area contributed by atoms with Crippen molar-refractivity contribution in [1.29, 1.82) is 0 Å². The highest BCUT2D eigenvalue weighted by Crippen LogP contribution is 2.22. The third-order valence-corrected chi connectivity index (χ3v) is 3.41. The molecular weight excluding hydrogens is 216 g/mol. The Hall–Kier alpha value is -0.610. The Kier molecular flexibility index (Phi) is 5.40. The highest BCUT2D eigenvalue weighted by molar-refractivity contribution is 5.76. The number of nitrogens with two attached hydrogens (primary N) is 1. The van der Waals surface area contributed by atoms with Gasteiger partial charge in [0.05, 0.1) is 6.10 Å². The molecule has 1 aliphatic rings. The Labute approximate surface area is 104 Å². The normalized spacial score (nSPS) is 27.3. The zero-order valence-electron chi connectivity index (χ0n) is 11.2. The summed E-state index contributed by atoms with van der Waals surface area (Å²) in [6.45, 7) is 7.35. The molecule has 3 N–H and O–H groups in total. The molecule has 0 aromatic carbocycles. The predicted molar refractivity (Wildman–Crippen MR) is 68.4 cm³/mol. The number of nitrogens with zero attached hydrogens (tertiary/aromatic N) is 1. The molecule has 100 valence electrons. The zero-order valence-corrected chi connectivity index (χ0v) is 11.2. The summed E-state index contributed by atoms with van der Waals surface area (Å²) in [4.78, 5) is 13.8. The van der Waals surface area contributed by atoms with Crippen molar-refractivity contribution in [3.63, 3.8) is 0 Å². The van der Waals surface area contributed by atoms with Crippen molar-refractivity contribution < 1.29 is 9.90 Å². The van der Waals surface area contributed by atoms with E-state index in [1.165, 1.54) is 0 Å². The molecule has 0 aliphatic carbocycles. The van der Waals surface area contributed by atoms with Crippen molar-refractivity contribution in [3.05, 3.63) is 0 Å². The van der Waals surface area contributed by atoms with Gasteiger partial charge in [-0.25, -0.2) is 0 Å². The third kappa shape index (κ3) is 4.28. The van der Waals surface area contributed by atoms with E-state index in [1.54, 1.807) is 0 Å². The minimum absolute atomic E-state index is 0.00561. The van der Waals surface area contributed by atoms with Crippen LogP contribution in [0.4, 0.5) is 0 Å². The van der Waals surface area contributed by atoms with Gasteiger partial charge in [-0.1, -0.05) is 20.8 Å². The van der Waals surface area contributed by atoms with E-state index >= 15 is 0 Å². The fourth-order valence-electron chi connectivity index (χ4n) is 2.47. The quantitative estimate of drug-likeness (QED) is 0.772. The first-order valence-corrected chi connectivity index (χ1v) is 6.65. The van der Waals surface area contributed by atoms with Gasteiger partial charge >= 0.3 is 0 Å². The van der Waals surface area contributed by atoms with E-state index in [2.05, 4.69) is 0 Å². The first-order chi connectivity index (χ1) is 7.93. The number of carbonyl (C=O) groups excluding carboxylic acids is 1. The Balaban J connectivity index is 2.58. The molecule has 1 rings (SSSR count). The molecule has 3 unspecified atom stereocenters. The lowest BCUT2D eigenvalue weighted by Crippen LogP contribution is -2.52. The van der Waals surface area contributed by atoms with Crippen LogP contribution < -0.4 is 5.73 Å². The van der Waals surface area contributed by atoms with Crippen molar-refractivity contribution in [3.8, 4) is 0 Å². The zero-order chi connectivity index (χ0) is 13.0. The second-order valence-corrected chi connectivity index (χ2v) is 5.63. The van der Waals surface area contributed by atoms with E-state index in [9.17, 15) is 9.90 Å². The van der Waals surface area contributed by atoms with Gasteiger partial charge in [-0.05, 0) is 18.8 Å². The van der Waals surface area contributed by atoms with Gasteiger partial charge in [-0.15, -0.1) is 0 Å². The molecule has 1 heterocycles. The number of hydrogen-bond donors (Lipinski definition) is 2. The largest absolute Gasteiger partial charge is 0.393 e. The Morgan fingerprint density at radius 3 is 2.65 bits per heavy atom. The van der Waals surface area contributed by atoms with Crippen LogP contribution in [0.15, 0.2) is 0 Å². The number of likely N-dealkylation sites (tertiary alicyclic amines) is 1. The van der Waals surface area contributed by atoms with Crippen molar-refractivity contribution in [2.24, 2.45) is 17.6 Å². The number of hydrogen-bond acceptors (Lipinski definition) is 3. The number of amides is 1. The predicted octanol–water partition coefficient (Wildman–Crippen LogP) is 0.979. The van der Waals surface area contributed by atoms with Crippen LogP contribution in [0.25, 0.3) is 0 Å². The average molecular weight is 242 g/mol. The minimum atomic E-state index is -0.337. The maximum absolute atomic E-state index is 12.0. The number of aliphatic hydroxyl groups is 1. The molecule has 0 aromatic heterocycles. The first kappa shape index (κ1) is 14.5. The van der Waals surface area contributed by atoms with Gasteiger partial charge in [0.25, 0.3) is 0 Å². The standard InChI is InChI=1S/C13H26N2O2/c1-4-12(16)10-6-11(14)8-15(7-10)13(17)5-9(2)3/h9-12,16H,4-8,14H2,1-3H3. The summed E-state index contributed by atoms with van der Waals surface area (Å²) in [7, 11) is 0. The smallest absolute Gasteiger partial charge is 0.222 e. The molecule has 1 saturated heterocycles. The summed E-state index contributed by atoms with van der Waals surface area (Å²) >= 11 is 0. The Morgan fingerprint density at radius 1 is 1.47 bits per heavy atom. The lowest BCUT2D eigenvalue weighted by Gasteiger charge is -2.38. The molecule has 0 aromatic rings. The Morgan fingerprint density at radius 2 is 2.12 bits per heavy atom. The molecule has 0 radical (unpaired) electrons. The van der Waals surface area contributed by atoms with Crippen LogP contribution in [0.3, 0.4) is 0 Å². The second-order valence-electron chi connectivity index (χ2n) is 5.63. The molecule has 1 amide bonds. The van der Waals surface area contributed by atoms with Crippen LogP contribution in [0.1, 0.15) is 40.0 Å². The number of carbonyl (C=O) groups is 1. The molecule has 1 aliphatic heterocycles. The van der Waals surface area contributed by atoms with Gasteiger partial charge in [0.15, 0.2) is 0 Å². The molecule has 0 bridgehead atoms. The summed E-state index contributed by atoms with van der Waals surface area (Å²) in [6, 6.07) is 0.00561. The van der Waals surface area contributed by atoms with Crippen molar-refractivity contribution >= 4 is 5.91 Å². The van der Waals surface area contributed by atoms with Crippen LogP contribution >= 0.6 is 0 Å². The third-order valence-electron chi connectivity index (χ3n) is 3.41. The van der Waals surface area contributed by atoms with Crippen LogP contribution in [0.2, 0.25) is 0 Å². The number of aliphatic hydroxyl groups excluding tert-OH is 1. The Bertz CT molecular complexity index is 256. The maximum atomic E-state index is 12.0. The monoisotopic (exact) mass is 242 g/mol. The fourth-order valence-corrected chi connectivity index (χ4v) is 2.47. The molecule has 0 spiro atoms. The topological polar surface area (TPSA) is 66.6 Å². The van der Waals surface area contributed by atoms with Gasteiger partial charge in [0.1, 0.15) is 0 Å². The van der Waals surface area contributed by atoms with Gasteiger partial charge in [-0.2, -0.15) is 0 Å². The molecule has 4 nitrogen and oxygen atoms in total. The molecule has 0 saturated carbocycles. The summed E-state index contributed by atoms with van der Waals surface area (Å²) in [5.41, 5.74) is 5.97. The van der Waals surface area contributed by atoms with E-state index in [1.807, 2.05) is 25.7 Å². The van der Waals surface area contributed by atoms with Gasteiger partial charge in [0.2, 0.25) is 5.91 Å². The van der Waals surface area contributed by atoms with E-state index in [0.29, 0.717) is 25.4 Å². The summed E-state index contributed by atoms with van der Waals surface area (Å²) < 4.78 is 0. The SMILES string of the molecule is CCC(O)C1CC(N)CN(C(=O)CC(C)C)C1. The van der Waals surface area contributed by atoms with E-state index in [-0.39, 0.29) is 24.0 Å². The molecular formula is C13H26N2O2. The van der Waals surface area contributed by atoms with E-state index < -0.39 is 0 Å². The lowest BCUT2D eigenvalue weighted by molar-refractivity contribution is -0.135. The van der Waals surface area contributed by atoms with Crippen LogP contribution in [0.5, 0.6) is 0 Å². The van der Waals surface area contributed by atoms with Gasteiger partial charge in [-0.3, -0.25) is 4.79 Å². The summed E-state index contributed by atoms with van der Waals surface area (Å²) in [5.74, 6) is 0.679. The summed E-state index contributed by atoms with van der Waals surface area (Å²) in [6.07, 6.45) is 1.78. The van der Waals surface area contributed by atoms with E-state index in [4.69, 9.17) is 5.73 Å². The lowest BCUT2D eigenvalue weighted by atomic mass is 9.88. The number of piperidine rings is 1. The van der Waals surface area contributed by atoms with Gasteiger partial charge < -0.3 is 15.7 Å². The van der Waals surface area contributed by atoms with E-state index in [0.717, 1.165) is 12.8 Å². The molecule has 3 atom stereocenters. The maximum Gasteiger partial charge on any atom is 0.222 e. The molecule has 1 fully saturated rings. The average Bonchev–Trinajstić information content (AvgIpc) is 2.26. The number of rotatable bonds is 4. The molecule has 4 heteroatoms. The van der Waals surface area contributed by atoms with Crippen molar-refractivity contribution in [2.75, 3.05) is 13.1 Å². The van der Waals surface area contributed by atoms with Crippen LogP contribution in [-0.2, 0) is 4.79 Å². The highest BCUT2D eigenvalue weighted by Gasteiger charge is 2.31. The second kappa shape index (κ2) is 6.36. The van der Waals surface area contributed by atoms with Gasteiger partial charge in [0, 0.05) is 31.5 Å². The molecule has 17 heavy (non-hydrogen) atoms. The fraction of sp³-hybridized carbons (Fsp3) is 0.923. The highest BCUT2D eigenvalue weighted by atomic mass is 16.3. The summed E-state index contributed by atoms with van der Waals surface area (Å²) in [5, 5.41) is 9.89.